The number of anilines is 1. The van der Waals surface area contributed by atoms with Crippen LogP contribution in [0.15, 0.2) is 48.5 Å². The largest absolute Gasteiger partial charge is 0.496 e. The maximum atomic E-state index is 13.3. The summed E-state index contributed by atoms with van der Waals surface area (Å²) in [7, 11) is 1.70. The Kier molecular flexibility index (Phi) is 5.14. The van der Waals surface area contributed by atoms with Gasteiger partial charge in [-0.25, -0.2) is 0 Å². The van der Waals surface area contributed by atoms with E-state index in [0.717, 1.165) is 43.1 Å². The zero-order valence-corrected chi connectivity index (χ0v) is 16.0. The molecule has 1 N–H and O–H groups in total. The highest BCUT2D eigenvalue weighted by atomic mass is 16.5. The number of carbonyl (C=O) groups excluding carboxylic acids is 1. The third-order valence-corrected chi connectivity index (χ3v) is 5.67. The lowest BCUT2D eigenvalue weighted by molar-refractivity contribution is -0.120. The zero-order valence-electron chi connectivity index (χ0n) is 16.0. The summed E-state index contributed by atoms with van der Waals surface area (Å²) in [5.74, 6) is 1.05. The molecule has 0 radical (unpaired) electrons. The number of para-hydroxylation sites is 2. The summed E-state index contributed by atoms with van der Waals surface area (Å²) in [6.07, 6.45) is 0.930. The van der Waals surface area contributed by atoms with Crippen molar-refractivity contribution in [3.63, 3.8) is 0 Å². The van der Waals surface area contributed by atoms with Crippen LogP contribution in [-0.4, -0.2) is 50.1 Å². The summed E-state index contributed by atoms with van der Waals surface area (Å²) in [6.45, 7) is 5.11. The molecule has 1 fully saturated rings. The molecular weight excluding hydrogens is 338 g/mol. The summed E-state index contributed by atoms with van der Waals surface area (Å²) in [5.41, 5.74) is 3.47. The van der Waals surface area contributed by atoms with E-state index in [0.29, 0.717) is 6.54 Å². The third kappa shape index (κ3) is 3.45. The molecule has 0 spiro atoms. The predicted octanol–water partition coefficient (Wildman–Crippen LogP) is 2.62. The van der Waals surface area contributed by atoms with E-state index in [2.05, 4.69) is 35.3 Å². The van der Waals surface area contributed by atoms with Gasteiger partial charge in [-0.2, -0.15) is 0 Å². The molecule has 1 amide bonds. The van der Waals surface area contributed by atoms with E-state index < -0.39 is 0 Å². The van der Waals surface area contributed by atoms with Crippen LogP contribution in [0.2, 0.25) is 0 Å². The fourth-order valence-electron chi connectivity index (χ4n) is 4.38. The van der Waals surface area contributed by atoms with Crippen molar-refractivity contribution >= 4 is 11.6 Å². The Morgan fingerprint density at radius 3 is 2.81 bits per heavy atom. The number of nitrogens with zero attached hydrogens (tertiary/aromatic N) is 2. The molecule has 27 heavy (non-hydrogen) atoms. The number of methoxy groups -OCH3 is 1. The Balaban J connectivity index is 1.56. The summed E-state index contributed by atoms with van der Waals surface area (Å²) in [6, 6.07) is 16.7. The average molecular weight is 365 g/mol. The second-order valence-corrected chi connectivity index (χ2v) is 7.38. The highest BCUT2D eigenvalue weighted by Crippen LogP contribution is 2.33. The molecule has 2 heterocycles. The lowest BCUT2D eigenvalue weighted by Gasteiger charge is -2.37. The van der Waals surface area contributed by atoms with Crippen LogP contribution in [0, 0.1) is 0 Å². The molecule has 0 saturated carbocycles. The van der Waals surface area contributed by atoms with Gasteiger partial charge in [0.2, 0.25) is 5.91 Å². The first-order valence-corrected chi connectivity index (χ1v) is 9.66. The second kappa shape index (κ2) is 7.71. The summed E-state index contributed by atoms with van der Waals surface area (Å²) in [4.78, 5) is 17.5. The van der Waals surface area contributed by atoms with Crippen LogP contribution in [0.4, 0.5) is 5.69 Å². The van der Waals surface area contributed by atoms with Crippen molar-refractivity contribution in [3.8, 4) is 5.75 Å². The van der Waals surface area contributed by atoms with Gasteiger partial charge in [0.1, 0.15) is 5.75 Å². The second-order valence-electron chi connectivity index (χ2n) is 7.38. The molecule has 5 heteroatoms. The Labute approximate surface area is 160 Å². The van der Waals surface area contributed by atoms with Gasteiger partial charge in [0.15, 0.2) is 0 Å². The smallest absolute Gasteiger partial charge is 0.241 e. The molecule has 0 aromatic heterocycles. The number of amides is 1. The zero-order chi connectivity index (χ0) is 18.8. The molecule has 0 aliphatic carbocycles. The summed E-state index contributed by atoms with van der Waals surface area (Å²) in [5, 5.41) is 3.46. The van der Waals surface area contributed by atoms with Gasteiger partial charge in [0.25, 0.3) is 0 Å². The third-order valence-electron chi connectivity index (χ3n) is 5.67. The molecule has 5 nitrogen and oxygen atoms in total. The fraction of sp³-hybridized carbons (Fsp3) is 0.409. The maximum Gasteiger partial charge on any atom is 0.241 e. The minimum Gasteiger partial charge on any atom is -0.496 e. The minimum absolute atomic E-state index is 0.131. The monoisotopic (exact) mass is 365 g/mol. The molecule has 2 aliphatic heterocycles. The first kappa shape index (κ1) is 18.0. The van der Waals surface area contributed by atoms with Gasteiger partial charge < -0.3 is 15.0 Å². The van der Waals surface area contributed by atoms with Crippen molar-refractivity contribution in [1.29, 1.82) is 0 Å². The molecule has 2 aliphatic rings. The van der Waals surface area contributed by atoms with Gasteiger partial charge in [0.05, 0.1) is 19.7 Å². The number of piperazine rings is 1. The van der Waals surface area contributed by atoms with E-state index >= 15 is 0 Å². The minimum atomic E-state index is 0.131. The van der Waals surface area contributed by atoms with Crippen LogP contribution < -0.4 is 15.0 Å². The number of fused-ring (bicyclic) bond motifs is 1. The van der Waals surface area contributed by atoms with E-state index in [1.807, 2.05) is 35.2 Å². The number of hydrogen-bond donors (Lipinski definition) is 1. The first-order chi connectivity index (χ1) is 13.2. The Morgan fingerprint density at radius 1 is 1.19 bits per heavy atom. The standard InChI is InChI=1S/C22H27N3O2/c1-16-13-17-7-3-5-9-19(17)25(16)22(26)15-24-12-11-23-14-20(24)18-8-4-6-10-21(18)27-2/h3-10,16,20,23H,11-15H2,1-2H3. The predicted molar refractivity (Wildman–Crippen MR) is 107 cm³/mol. The highest BCUT2D eigenvalue weighted by Gasteiger charge is 2.34. The quantitative estimate of drug-likeness (QED) is 0.905. The Morgan fingerprint density at radius 2 is 1.96 bits per heavy atom. The molecule has 2 aromatic rings. The number of nitrogens with one attached hydrogen (secondary N) is 1. The van der Waals surface area contributed by atoms with Gasteiger partial charge in [-0.15, -0.1) is 0 Å². The molecule has 2 aromatic carbocycles. The normalized spacial score (nSPS) is 22.5. The van der Waals surface area contributed by atoms with E-state index in [4.69, 9.17) is 4.74 Å². The van der Waals surface area contributed by atoms with Gasteiger partial charge in [-0.3, -0.25) is 9.69 Å². The topological polar surface area (TPSA) is 44.8 Å². The van der Waals surface area contributed by atoms with Crippen molar-refractivity contribution in [2.45, 2.75) is 25.4 Å². The van der Waals surface area contributed by atoms with Crippen LogP contribution in [0.25, 0.3) is 0 Å². The molecule has 4 rings (SSSR count). The van der Waals surface area contributed by atoms with Gasteiger partial charge >= 0.3 is 0 Å². The molecule has 2 atom stereocenters. The molecule has 1 saturated heterocycles. The lowest BCUT2D eigenvalue weighted by atomic mass is 10.0. The van der Waals surface area contributed by atoms with Crippen molar-refractivity contribution in [2.24, 2.45) is 0 Å². The van der Waals surface area contributed by atoms with E-state index in [1.54, 1.807) is 7.11 Å². The number of rotatable bonds is 4. The molecule has 142 valence electrons. The van der Waals surface area contributed by atoms with Crippen LogP contribution in [0.3, 0.4) is 0 Å². The molecular formula is C22H27N3O2. The Bertz CT molecular complexity index is 823. The van der Waals surface area contributed by atoms with E-state index in [-0.39, 0.29) is 18.0 Å². The van der Waals surface area contributed by atoms with Crippen molar-refractivity contribution in [3.05, 3.63) is 59.7 Å². The van der Waals surface area contributed by atoms with Crippen LogP contribution >= 0.6 is 0 Å². The van der Waals surface area contributed by atoms with Gasteiger partial charge in [0, 0.05) is 36.9 Å². The molecule has 0 bridgehead atoms. The number of carbonyl (C=O) groups is 1. The molecule has 2 unspecified atom stereocenters. The summed E-state index contributed by atoms with van der Waals surface area (Å²) >= 11 is 0. The SMILES string of the molecule is COc1ccccc1C1CNCCN1CC(=O)N1c2ccccc2CC1C. The van der Waals surface area contributed by atoms with Crippen molar-refractivity contribution < 1.29 is 9.53 Å². The number of hydrogen-bond acceptors (Lipinski definition) is 4. The van der Waals surface area contributed by atoms with Crippen molar-refractivity contribution in [1.82, 2.24) is 10.2 Å². The van der Waals surface area contributed by atoms with E-state index in [1.165, 1.54) is 5.56 Å². The highest BCUT2D eigenvalue weighted by molar-refractivity contribution is 5.97. The average Bonchev–Trinajstić information content (AvgIpc) is 3.04. The van der Waals surface area contributed by atoms with Crippen LogP contribution in [0.5, 0.6) is 5.75 Å². The van der Waals surface area contributed by atoms with Gasteiger partial charge in [-0.1, -0.05) is 36.4 Å². The lowest BCUT2D eigenvalue weighted by Crippen LogP contribution is -2.51. The summed E-state index contributed by atoms with van der Waals surface area (Å²) < 4.78 is 5.57. The van der Waals surface area contributed by atoms with Crippen molar-refractivity contribution in [2.75, 3.05) is 38.2 Å². The van der Waals surface area contributed by atoms with Crippen LogP contribution in [-0.2, 0) is 11.2 Å². The number of benzene rings is 2. The van der Waals surface area contributed by atoms with Crippen LogP contribution in [0.1, 0.15) is 24.1 Å². The van der Waals surface area contributed by atoms with Gasteiger partial charge in [-0.05, 0) is 31.0 Å². The number of ether oxygens (including phenoxy) is 1. The fourth-order valence-corrected chi connectivity index (χ4v) is 4.38. The Hall–Kier alpha value is -2.37. The maximum absolute atomic E-state index is 13.3. The first-order valence-electron chi connectivity index (χ1n) is 9.66. The van der Waals surface area contributed by atoms with E-state index in [9.17, 15) is 4.79 Å².